The Bertz CT molecular complexity index is 638. The Kier molecular flexibility index (Phi) is 4.18. The van der Waals surface area contributed by atoms with Crippen molar-refractivity contribution in [2.24, 2.45) is 0 Å². The summed E-state index contributed by atoms with van der Waals surface area (Å²) >= 11 is 6.00. The van der Waals surface area contributed by atoms with Gasteiger partial charge in [0.2, 0.25) is 0 Å². The summed E-state index contributed by atoms with van der Waals surface area (Å²) < 4.78 is 11.1. The Morgan fingerprint density at radius 3 is 1.65 bits per heavy atom. The van der Waals surface area contributed by atoms with Crippen LogP contribution in [0.25, 0.3) is 21.9 Å². The van der Waals surface area contributed by atoms with E-state index in [0.29, 0.717) is 0 Å². The molecule has 0 fully saturated rings. The number of halogens is 1. The summed E-state index contributed by atoms with van der Waals surface area (Å²) in [6.07, 6.45) is 0. The molecular formula is C12H8ClO2PPb. The fourth-order valence-electron chi connectivity index (χ4n) is 1.71. The summed E-state index contributed by atoms with van der Waals surface area (Å²) in [5, 5.41) is 2.03. The molecule has 0 bridgehead atoms. The van der Waals surface area contributed by atoms with Gasteiger partial charge in [0.1, 0.15) is 11.2 Å². The van der Waals surface area contributed by atoms with E-state index < -0.39 is 7.37 Å². The van der Waals surface area contributed by atoms with E-state index >= 15 is 0 Å². The first-order valence-electron chi connectivity index (χ1n) is 4.85. The van der Waals surface area contributed by atoms with Crippen LogP contribution in [0.15, 0.2) is 56.9 Å². The molecular weight excluding hydrogens is 450 g/mol. The van der Waals surface area contributed by atoms with Crippen LogP contribution in [0.2, 0.25) is 0 Å². The summed E-state index contributed by atoms with van der Waals surface area (Å²) in [4.78, 5) is 0. The molecule has 0 N–H and O–H groups in total. The summed E-state index contributed by atoms with van der Waals surface area (Å²) in [6.45, 7) is 0. The molecule has 0 unspecified atom stereocenters. The van der Waals surface area contributed by atoms with E-state index in [9.17, 15) is 0 Å². The monoisotopic (exact) mass is 458 g/mol. The molecule has 2 nitrogen and oxygen atoms in total. The zero-order valence-corrected chi connectivity index (χ0v) is 14.3. The van der Waals surface area contributed by atoms with Crippen LogP contribution in [0.5, 0.6) is 0 Å². The summed E-state index contributed by atoms with van der Waals surface area (Å²) in [5.74, 6) is 0. The van der Waals surface area contributed by atoms with Gasteiger partial charge in [-0.25, -0.2) is 0 Å². The van der Waals surface area contributed by atoms with Crippen LogP contribution in [-0.2, 0) is 0 Å². The van der Waals surface area contributed by atoms with Gasteiger partial charge in [-0.1, -0.05) is 36.4 Å². The molecule has 1 heterocycles. The summed E-state index contributed by atoms with van der Waals surface area (Å²) in [6, 6.07) is 15.6. The van der Waals surface area contributed by atoms with E-state index in [1.54, 1.807) is 0 Å². The van der Waals surface area contributed by atoms with Gasteiger partial charge in [0.15, 0.2) is 0 Å². The Morgan fingerprint density at radius 1 is 0.765 bits per heavy atom. The van der Waals surface area contributed by atoms with Crippen molar-refractivity contribution in [1.29, 1.82) is 0 Å². The van der Waals surface area contributed by atoms with Crippen LogP contribution in [0, 0.1) is 0 Å². The summed E-state index contributed by atoms with van der Waals surface area (Å²) in [5.41, 5.74) is 1.54. The molecule has 0 saturated carbocycles. The maximum atomic E-state index is 6.00. The van der Waals surface area contributed by atoms with Gasteiger partial charge in [-0.05, 0) is 12.1 Å². The van der Waals surface area contributed by atoms with Crippen LogP contribution in [0.4, 0.5) is 0 Å². The van der Waals surface area contributed by atoms with E-state index in [0.717, 1.165) is 21.9 Å². The first-order chi connectivity index (χ1) is 7.84. The largest absolute Gasteiger partial charge is 0.408 e. The maximum Gasteiger partial charge on any atom is 0.327 e. The molecule has 4 radical (unpaired) electrons. The molecule has 84 valence electrons. The molecule has 0 atom stereocenters. The normalized spacial score (nSPS) is 10.2. The van der Waals surface area contributed by atoms with Gasteiger partial charge in [-0.15, -0.1) is 0 Å². The number of rotatable bonds is 0. The van der Waals surface area contributed by atoms with Gasteiger partial charge in [-0.3, -0.25) is 0 Å². The molecule has 0 aliphatic rings. The van der Waals surface area contributed by atoms with Crippen LogP contribution >= 0.6 is 18.6 Å². The predicted octanol–water partition coefficient (Wildman–Crippen LogP) is 4.91. The van der Waals surface area contributed by atoms with E-state index in [-0.39, 0.29) is 27.3 Å². The van der Waals surface area contributed by atoms with Crippen molar-refractivity contribution in [1.82, 2.24) is 0 Å². The van der Waals surface area contributed by atoms with Crippen LogP contribution in [0.1, 0.15) is 0 Å². The van der Waals surface area contributed by atoms with E-state index in [2.05, 4.69) is 0 Å². The Hall–Kier alpha value is -0.448. The third-order valence-corrected chi connectivity index (χ3v) is 3.50. The molecule has 2 aromatic carbocycles. The number of fused-ring (bicyclic) bond motifs is 3. The van der Waals surface area contributed by atoms with E-state index in [1.807, 2.05) is 48.5 Å². The van der Waals surface area contributed by atoms with Gasteiger partial charge in [0.05, 0.1) is 0 Å². The van der Waals surface area contributed by atoms with Crippen LogP contribution in [0.3, 0.4) is 0 Å². The number of hydrogen-bond acceptors (Lipinski definition) is 2. The molecule has 3 aromatic rings. The fraction of sp³-hybridized carbons (Fsp3) is 0. The van der Waals surface area contributed by atoms with Crippen molar-refractivity contribution in [3.63, 3.8) is 0 Å². The van der Waals surface area contributed by atoms with E-state index in [1.165, 1.54) is 0 Å². The van der Waals surface area contributed by atoms with Gasteiger partial charge >= 0.3 is 7.37 Å². The minimum Gasteiger partial charge on any atom is -0.408 e. The topological polar surface area (TPSA) is 26.3 Å². The van der Waals surface area contributed by atoms with Gasteiger partial charge in [-0.2, -0.15) is 0 Å². The zero-order chi connectivity index (χ0) is 11.0. The fourth-order valence-corrected chi connectivity index (χ4v) is 2.82. The second-order valence-corrected chi connectivity index (χ2v) is 5.01. The van der Waals surface area contributed by atoms with Crippen molar-refractivity contribution in [3.8, 4) is 0 Å². The Balaban J connectivity index is 0.00000108. The van der Waals surface area contributed by atoms with Gasteiger partial charge in [0.25, 0.3) is 0 Å². The van der Waals surface area contributed by atoms with Crippen molar-refractivity contribution < 1.29 is 8.39 Å². The molecule has 0 spiro atoms. The minimum atomic E-state index is -1.42. The molecule has 0 amide bonds. The number of hydrogen-bond donors (Lipinski definition) is 0. The average molecular weight is 458 g/mol. The SMILES string of the molecule is Clp1oc2ccccc2c2ccccc2o1.[Pb]. The standard InChI is InChI=1S/C12H8ClO2P.Pb/c13-16-14-11-7-3-1-5-9(11)10-6-2-4-8-12(10)15-16;/h1-8H;. The maximum absolute atomic E-state index is 6.00. The van der Waals surface area contributed by atoms with Gasteiger partial charge < -0.3 is 8.39 Å². The smallest absolute Gasteiger partial charge is 0.327 e. The first kappa shape index (κ1) is 13.0. The molecule has 3 rings (SSSR count). The van der Waals surface area contributed by atoms with Crippen LogP contribution in [-0.4, -0.2) is 27.3 Å². The number of para-hydroxylation sites is 2. The molecule has 17 heavy (non-hydrogen) atoms. The van der Waals surface area contributed by atoms with Crippen LogP contribution < -0.4 is 0 Å². The zero-order valence-electron chi connectivity index (χ0n) is 8.76. The Labute approximate surface area is 124 Å². The predicted molar refractivity (Wildman–Crippen MR) is 73.3 cm³/mol. The quantitative estimate of drug-likeness (QED) is 0.448. The third kappa shape index (κ3) is 2.54. The van der Waals surface area contributed by atoms with Crippen molar-refractivity contribution >= 4 is 67.8 Å². The Morgan fingerprint density at radius 2 is 1.18 bits per heavy atom. The van der Waals surface area contributed by atoms with Gasteiger partial charge in [0, 0.05) is 49.3 Å². The molecule has 0 aliphatic heterocycles. The first-order valence-corrected chi connectivity index (χ1v) is 6.93. The summed E-state index contributed by atoms with van der Waals surface area (Å²) in [7, 11) is -1.42. The van der Waals surface area contributed by atoms with E-state index in [4.69, 9.17) is 19.6 Å². The second-order valence-electron chi connectivity index (χ2n) is 3.39. The van der Waals surface area contributed by atoms with Crippen molar-refractivity contribution in [2.45, 2.75) is 0 Å². The molecule has 0 aliphatic carbocycles. The second kappa shape index (κ2) is 5.46. The van der Waals surface area contributed by atoms with Crippen molar-refractivity contribution in [3.05, 3.63) is 48.5 Å². The minimum absolute atomic E-state index is 0. The average Bonchev–Trinajstić information content (AvgIpc) is 2.44. The van der Waals surface area contributed by atoms with Crippen molar-refractivity contribution in [2.75, 3.05) is 0 Å². The number of benzene rings is 2. The molecule has 1 aromatic heterocycles. The third-order valence-electron chi connectivity index (χ3n) is 2.40. The molecule has 5 heteroatoms. The molecule has 0 saturated heterocycles.